The van der Waals surface area contributed by atoms with Crippen molar-refractivity contribution in [3.05, 3.63) is 114 Å². The number of anilines is 2. The van der Waals surface area contributed by atoms with Gasteiger partial charge in [0.2, 0.25) is 0 Å². The van der Waals surface area contributed by atoms with Gasteiger partial charge in [0.05, 0.1) is 12.7 Å². The lowest BCUT2D eigenvalue weighted by molar-refractivity contribution is -0.131. The monoisotopic (exact) mass is 690 g/mol. The first-order valence-electron chi connectivity index (χ1n) is 18.6. The molecule has 51 heavy (non-hydrogen) atoms. The minimum atomic E-state index is -0.426. The number of nitrogens with zero attached hydrogens (tertiary/aromatic N) is 2. The van der Waals surface area contributed by atoms with Crippen molar-refractivity contribution in [2.75, 3.05) is 43.1 Å². The van der Waals surface area contributed by atoms with Gasteiger partial charge >= 0.3 is 11.9 Å². The molecule has 0 spiro atoms. The first-order valence-corrected chi connectivity index (χ1v) is 18.6. The van der Waals surface area contributed by atoms with Crippen LogP contribution in [0.5, 0.6) is 17.2 Å². The molecule has 1 aliphatic carbocycles. The van der Waals surface area contributed by atoms with Crippen molar-refractivity contribution in [1.29, 1.82) is 0 Å². The second-order valence-electron chi connectivity index (χ2n) is 13.8. The van der Waals surface area contributed by atoms with Crippen LogP contribution in [0.3, 0.4) is 0 Å². The number of aryl methyl sites for hydroxylation is 1. The molecule has 1 saturated carbocycles. The van der Waals surface area contributed by atoms with Gasteiger partial charge in [0.1, 0.15) is 17.2 Å². The van der Waals surface area contributed by atoms with Crippen LogP contribution < -0.4 is 24.0 Å². The van der Waals surface area contributed by atoms with Crippen LogP contribution in [0.2, 0.25) is 0 Å². The highest BCUT2D eigenvalue weighted by Gasteiger charge is 2.22. The molecule has 2 fully saturated rings. The van der Waals surface area contributed by atoms with Gasteiger partial charge in [-0.3, -0.25) is 4.79 Å². The average molecular weight is 691 g/mol. The zero-order chi connectivity index (χ0) is 36.0. The lowest BCUT2D eigenvalue weighted by Gasteiger charge is -2.37. The third kappa shape index (κ3) is 11.4. The maximum Gasteiger partial charge on any atom is 0.343 e. The highest BCUT2D eigenvalue weighted by Crippen LogP contribution is 2.38. The van der Waals surface area contributed by atoms with Gasteiger partial charge in [0.15, 0.2) is 0 Å². The predicted octanol–water partition coefficient (Wildman–Crippen LogP) is 10.0. The summed E-state index contributed by atoms with van der Waals surface area (Å²) < 4.78 is 15.7. The van der Waals surface area contributed by atoms with E-state index in [1.807, 2.05) is 24.3 Å². The Balaban J connectivity index is 0.000000210. The normalized spacial score (nSPS) is 17.2. The molecule has 270 valence electrons. The summed E-state index contributed by atoms with van der Waals surface area (Å²) in [7, 11) is 1.70. The van der Waals surface area contributed by atoms with Crippen LogP contribution in [-0.2, 0) is 4.79 Å². The lowest BCUT2D eigenvalue weighted by Crippen LogP contribution is -2.46. The number of carbonyl (C=O) groups is 2. The molecule has 7 heteroatoms. The second-order valence-corrected chi connectivity index (χ2v) is 13.8. The predicted molar refractivity (Wildman–Crippen MR) is 207 cm³/mol. The zero-order valence-corrected chi connectivity index (χ0v) is 30.8. The molecule has 6 rings (SSSR count). The smallest absolute Gasteiger partial charge is 0.343 e. The van der Waals surface area contributed by atoms with Crippen molar-refractivity contribution in [3.8, 4) is 17.2 Å². The maximum atomic E-state index is 12.3. The molecule has 0 N–H and O–H groups in total. The Bertz CT molecular complexity index is 1640. The largest absolute Gasteiger partial charge is 0.497 e. The number of methoxy groups -OCH3 is 1. The summed E-state index contributed by atoms with van der Waals surface area (Å²) in [6.07, 6.45) is 10.6. The third-order valence-corrected chi connectivity index (χ3v) is 10.1. The highest BCUT2D eigenvalue weighted by molar-refractivity contribution is 5.91. The molecule has 0 bridgehead atoms. The summed E-state index contributed by atoms with van der Waals surface area (Å²) >= 11 is 0. The van der Waals surface area contributed by atoms with E-state index < -0.39 is 11.9 Å². The summed E-state index contributed by atoms with van der Waals surface area (Å²) in [4.78, 5) is 28.2. The van der Waals surface area contributed by atoms with E-state index >= 15 is 0 Å². The van der Waals surface area contributed by atoms with Gasteiger partial charge in [-0.1, -0.05) is 62.4 Å². The number of benzene rings is 4. The van der Waals surface area contributed by atoms with Gasteiger partial charge < -0.3 is 24.0 Å². The topological polar surface area (TPSA) is 68.3 Å². The molecule has 0 unspecified atom stereocenters. The summed E-state index contributed by atoms with van der Waals surface area (Å²) in [5.41, 5.74) is 5.67. The van der Waals surface area contributed by atoms with Crippen molar-refractivity contribution in [1.82, 2.24) is 0 Å². The quantitative estimate of drug-likeness (QED) is 0.0882. The molecule has 0 amide bonds. The summed E-state index contributed by atoms with van der Waals surface area (Å²) in [6, 6.07) is 31.4. The molecular formula is C44H54N2O5. The Morgan fingerprint density at radius 3 is 1.69 bits per heavy atom. The van der Waals surface area contributed by atoms with Crippen LogP contribution in [0.1, 0.15) is 92.6 Å². The van der Waals surface area contributed by atoms with Crippen LogP contribution in [0.4, 0.5) is 11.4 Å². The van der Waals surface area contributed by atoms with E-state index in [-0.39, 0.29) is 0 Å². The molecule has 1 aliphatic heterocycles. The average Bonchev–Trinajstić information content (AvgIpc) is 3.16. The van der Waals surface area contributed by atoms with Crippen molar-refractivity contribution in [2.24, 2.45) is 5.92 Å². The Labute approximate surface area is 304 Å². The van der Waals surface area contributed by atoms with Crippen molar-refractivity contribution in [2.45, 2.75) is 78.1 Å². The zero-order valence-electron chi connectivity index (χ0n) is 30.8. The number of hydrogen-bond donors (Lipinski definition) is 0. The Morgan fingerprint density at radius 1 is 0.647 bits per heavy atom. The first-order chi connectivity index (χ1) is 24.8. The molecule has 0 aromatic heterocycles. The molecule has 0 atom stereocenters. The van der Waals surface area contributed by atoms with E-state index in [0.717, 1.165) is 37.8 Å². The first kappa shape index (κ1) is 37.5. The fourth-order valence-electron chi connectivity index (χ4n) is 7.04. The lowest BCUT2D eigenvalue weighted by atomic mass is 9.77. The molecule has 4 aromatic carbocycles. The molecule has 2 aliphatic rings. The van der Waals surface area contributed by atoms with Gasteiger partial charge in [0.25, 0.3) is 0 Å². The van der Waals surface area contributed by atoms with Gasteiger partial charge in [0, 0.05) is 44.5 Å². The summed E-state index contributed by atoms with van der Waals surface area (Å²) in [5.74, 6) is 2.56. The number of esters is 2. The van der Waals surface area contributed by atoms with Gasteiger partial charge in [-0.05, 0) is 123 Å². The highest BCUT2D eigenvalue weighted by atomic mass is 16.5. The number of carbonyl (C=O) groups excluding carboxylic acids is 2. The van der Waals surface area contributed by atoms with E-state index in [2.05, 4.69) is 72.2 Å². The number of ether oxygens (including phenoxy) is 3. The number of rotatable bonds is 11. The Kier molecular flexibility index (Phi) is 14.0. The summed E-state index contributed by atoms with van der Waals surface area (Å²) in [6.45, 7) is 9.97. The van der Waals surface area contributed by atoms with Crippen LogP contribution >= 0.6 is 0 Å². The van der Waals surface area contributed by atoms with E-state index in [1.165, 1.54) is 80.8 Å². The van der Waals surface area contributed by atoms with Crippen LogP contribution in [0.25, 0.3) is 0 Å². The second kappa shape index (κ2) is 19.0. The third-order valence-electron chi connectivity index (χ3n) is 10.1. The van der Waals surface area contributed by atoms with E-state index in [0.29, 0.717) is 23.0 Å². The SMILES string of the molecule is CCCCCC1CCC(c2ccc(OC(=O)c3ccc(OC(C)=O)cc3)cc2)CC1.COc1ccc(N2CCN(c3ccc(C)cc3)CC2)cc1. The standard InChI is InChI=1S/C26H32O4.C18H22N2O/c1-3-4-5-6-20-7-9-21(10-8-20)22-11-15-25(16-12-22)30-26(28)23-13-17-24(18-14-23)29-19(2)27;1-15-3-5-16(6-4-15)19-11-13-20(14-12-19)17-7-9-18(21-2)10-8-17/h11-18,20-21H,3-10H2,1-2H3;3-10H,11-14H2,1-2H3. The van der Waals surface area contributed by atoms with Gasteiger partial charge in [-0.15, -0.1) is 0 Å². The molecule has 4 aromatic rings. The molecule has 1 heterocycles. The Morgan fingerprint density at radius 2 is 1.16 bits per heavy atom. The number of piperazine rings is 1. The molecule has 1 saturated heterocycles. The van der Waals surface area contributed by atoms with Gasteiger partial charge in [-0.2, -0.15) is 0 Å². The molecule has 7 nitrogen and oxygen atoms in total. The van der Waals surface area contributed by atoms with Crippen molar-refractivity contribution < 1.29 is 23.8 Å². The van der Waals surface area contributed by atoms with E-state index in [1.54, 1.807) is 31.4 Å². The van der Waals surface area contributed by atoms with Crippen LogP contribution in [0.15, 0.2) is 97.1 Å². The van der Waals surface area contributed by atoms with E-state index in [9.17, 15) is 9.59 Å². The number of hydrogen-bond acceptors (Lipinski definition) is 7. The minimum absolute atomic E-state index is 0.393. The van der Waals surface area contributed by atoms with Crippen LogP contribution in [0, 0.1) is 12.8 Å². The van der Waals surface area contributed by atoms with Gasteiger partial charge in [-0.25, -0.2) is 4.79 Å². The fourth-order valence-corrected chi connectivity index (χ4v) is 7.04. The minimum Gasteiger partial charge on any atom is -0.497 e. The fraction of sp³-hybridized carbons (Fsp3) is 0.409. The maximum absolute atomic E-state index is 12.3. The summed E-state index contributed by atoms with van der Waals surface area (Å²) in [5, 5.41) is 0. The van der Waals surface area contributed by atoms with Crippen molar-refractivity contribution >= 4 is 23.3 Å². The van der Waals surface area contributed by atoms with Crippen molar-refractivity contribution in [3.63, 3.8) is 0 Å². The molecule has 0 radical (unpaired) electrons. The Hall–Kier alpha value is -4.78. The van der Waals surface area contributed by atoms with Crippen LogP contribution in [-0.4, -0.2) is 45.2 Å². The van der Waals surface area contributed by atoms with E-state index in [4.69, 9.17) is 14.2 Å². The molecular weight excluding hydrogens is 636 g/mol. The number of unbranched alkanes of at least 4 members (excludes halogenated alkanes) is 2.